The second-order valence-corrected chi connectivity index (χ2v) is 3.69. The van der Waals surface area contributed by atoms with Crippen molar-refractivity contribution in [3.8, 4) is 0 Å². The first-order chi connectivity index (χ1) is 7.65. The van der Waals surface area contributed by atoms with Crippen LogP contribution >= 0.6 is 0 Å². The number of amides is 1. The number of carbonyl (C=O) groups excluding carboxylic acids is 1. The van der Waals surface area contributed by atoms with Crippen molar-refractivity contribution in [3.63, 3.8) is 0 Å². The molecule has 1 aromatic heterocycles. The molecule has 0 saturated carbocycles. The summed E-state index contributed by atoms with van der Waals surface area (Å²) < 4.78 is 5.34. The number of nitrogens with one attached hydrogen (secondary N) is 1. The van der Waals surface area contributed by atoms with E-state index >= 15 is 0 Å². The molecule has 0 spiro atoms. The molecule has 90 valence electrons. The lowest BCUT2D eigenvalue weighted by atomic mass is 10.3. The Morgan fingerprint density at radius 3 is 2.75 bits per heavy atom. The van der Waals surface area contributed by atoms with Gasteiger partial charge in [-0.15, -0.1) is 0 Å². The highest BCUT2D eigenvalue weighted by atomic mass is 16.4. The van der Waals surface area contributed by atoms with Gasteiger partial charge in [0.2, 0.25) is 5.91 Å². The Balaban J connectivity index is 2.33. The summed E-state index contributed by atoms with van der Waals surface area (Å²) >= 11 is 0. The lowest BCUT2D eigenvalue weighted by molar-refractivity contribution is -0.120. The standard InChI is InChI=1S/C11H18N2O3/c1-12-11(15)5-6-13(2)7-9-3-4-10(8-14)16-9/h3-4,14H,5-8H2,1-2H3,(H,12,15). The minimum Gasteiger partial charge on any atom is -0.462 e. The van der Waals surface area contributed by atoms with Crippen molar-refractivity contribution in [1.29, 1.82) is 0 Å². The number of hydrogen-bond donors (Lipinski definition) is 2. The van der Waals surface area contributed by atoms with Gasteiger partial charge in [0.1, 0.15) is 18.1 Å². The van der Waals surface area contributed by atoms with Gasteiger partial charge in [-0.2, -0.15) is 0 Å². The fourth-order valence-corrected chi connectivity index (χ4v) is 1.35. The van der Waals surface area contributed by atoms with Gasteiger partial charge in [-0.3, -0.25) is 9.69 Å². The lowest BCUT2D eigenvalue weighted by Gasteiger charge is -2.14. The van der Waals surface area contributed by atoms with Gasteiger partial charge in [-0.1, -0.05) is 0 Å². The molecule has 0 aromatic carbocycles. The van der Waals surface area contributed by atoms with Crippen LogP contribution in [0.15, 0.2) is 16.5 Å². The second-order valence-electron chi connectivity index (χ2n) is 3.69. The van der Waals surface area contributed by atoms with Gasteiger partial charge < -0.3 is 14.8 Å². The zero-order valence-electron chi connectivity index (χ0n) is 9.69. The maximum atomic E-state index is 11.0. The third-order valence-electron chi connectivity index (χ3n) is 2.30. The Kier molecular flexibility index (Phi) is 5.01. The van der Waals surface area contributed by atoms with E-state index in [-0.39, 0.29) is 12.5 Å². The molecule has 0 fully saturated rings. The van der Waals surface area contributed by atoms with Crippen molar-refractivity contribution in [2.75, 3.05) is 20.6 Å². The third kappa shape index (κ3) is 4.04. The maximum Gasteiger partial charge on any atom is 0.221 e. The highest BCUT2D eigenvalue weighted by Crippen LogP contribution is 2.09. The summed E-state index contributed by atoms with van der Waals surface area (Å²) in [5.74, 6) is 1.39. The van der Waals surface area contributed by atoms with E-state index in [2.05, 4.69) is 5.32 Å². The summed E-state index contributed by atoms with van der Waals surface area (Å²) in [5, 5.41) is 11.4. The number of furan rings is 1. The van der Waals surface area contributed by atoms with E-state index in [1.807, 2.05) is 18.0 Å². The molecule has 0 radical (unpaired) electrons. The van der Waals surface area contributed by atoms with Gasteiger partial charge in [0.15, 0.2) is 0 Å². The normalized spacial score (nSPS) is 10.8. The minimum atomic E-state index is -0.0814. The van der Waals surface area contributed by atoms with Crippen LogP contribution in [0.4, 0.5) is 0 Å². The number of hydrogen-bond acceptors (Lipinski definition) is 4. The Morgan fingerprint density at radius 1 is 1.50 bits per heavy atom. The molecule has 0 unspecified atom stereocenters. The van der Waals surface area contributed by atoms with Crippen molar-refractivity contribution in [1.82, 2.24) is 10.2 Å². The molecule has 1 aromatic rings. The van der Waals surface area contributed by atoms with Crippen molar-refractivity contribution in [3.05, 3.63) is 23.7 Å². The van der Waals surface area contributed by atoms with Crippen molar-refractivity contribution in [2.45, 2.75) is 19.6 Å². The molecule has 5 nitrogen and oxygen atoms in total. The molecule has 0 aliphatic heterocycles. The van der Waals surface area contributed by atoms with Crippen LogP contribution in [0.1, 0.15) is 17.9 Å². The zero-order chi connectivity index (χ0) is 12.0. The summed E-state index contributed by atoms with van der Waals surface area (Å²) in [7, 11) is 3.55. The first-order valence-electron chi connectivity index (χ1n) is 5.23. The molecule has 1 amide bonds. The smallest absolute Gasteiger partial charge is 0.221 e. The molecule has 1 rings (SSSR count). The quantitative estimate of drug-likeness (QED) is 0.734. The number of rotatable bonds is 6. The Labute approximate surface area is 95.0 Å². The number of carbonyl (C=O) groups is 1. The average Bonchev–Trinajstić information content (AvgIpc) is 2.73. The number of aliphatic hydroxyl groups excluding tert-OH is 1. The first-order valence-corrected chi connectivity index (χ1v) is 5.23. The Hall–Kier alpha value is -1.33. The van der Waals surface area contributed by atoms with E-state index in [1.165, 1.54) is 0 Å². The highest BCUT2D eigenvalue weighted by Gasteiger charge is 2.06. The largest absolute Gasteiger partial charge is 0.462 e. The van der Waals surface area contributed by atoms with E-state index in [4.69, 9.17) is 9.52 Å². The van der Waals surface area contributed by atoms with Crippen molar-refractivity contribution in [2.24, 2.45) is 0 Å². The van der Waals surface area contributed by atoms with Crippen molar-refractivity contribution >= 4 is 5.91 Å². The highest BCUT2D eigenvalue weighted by molar-refractivity contribution is 5.75. The van der Waals surface area contributed by atoms with E-state index in [0.29, 0.717) is 25.3 Å². The van der Waals surface area contributed by atoms with Gasteiger partial charge in [-0.25, -0.2) is 0 Å². The molecule has 0 atom stereocenters. The monoisotopic (exact) mass is 226 g/mol. The minimum absolute atomic E-state index is 0.0299. The fourth-order valence-electron chi connectivity index (χ4n) is 1.35. The van der Waals surface area contributed by atoms with Gasteiger partial charge in [0, 0.05) is 20.0 Å². The predicted octanol–water partition coefficient (Wildman–Crippen LogP) is 0.340. The summed E-state index contributed by atoms with van der Waals surface area (Å²) in [6.45, 7) is 1.23. The van der Waals surface area contributed by atoms with Crippen LogP contribution in [-0.4, -0.2) is 36.6 Å². The van der Waals surface area contributed by atoms with Crippen LogP contribution in [0.3, 0.4) is 0 Å². The summed E-state index contributed by atoms with van der Waals surface area (Å²) in [5.41, 5.74) is 0. The van der Waals surface area contributed by atoms with E-state index in [9.17, 15) is 4.79 Å². The summed E-state index contributed by atoms with van der Waals surface area (Å²) in [6, 6.07) is 3.59. The molecule has 0 aliphatic rings. The molecule has 1 heterocycles. The molecular weight excluding hydrogens is 208 g/mol. The fraction of sp³-hybridized carbons (Fsp3) is 0.545. The summed E-state index contributed by atoms with van der Waals surface area (Å²) in [6.07, 6.45) is 0.473. The molecule has 2 N–H and O–H groups in total. The molecule has 0 bridgehead atoms. The molecule has 0 saturated heterocycles. The van der Waals surface area contributed by atoms with Crippen LogP contribution in [0.25, 0.3) is 0 Å². The van der Waals surface area contributed by atoms with Crippen LogP contribution in [0.5, 0.6) is 0 Å². The van der Waals surface area contributed by atoms with Crippen LogP contribution < -0.4 is 5.32 Å². The van der Waals surface area contributed by atoms with E-state index < -0.39 is 0 Å². The molecular formula is C11H18N2O3. The van der Waals surface area contributed by atoms with Gasteiger partial charge >= 0.3 is 0 Å². The predicted molar refractivity (Wildman–Crippen MR) is 59.6 cm³/mol. The molecule has 0 aliphatic carbocycles. The molecule has 5 heteroatoms. The summed E-state index contributed by atoms with van der Waals surface area (Å²) in [4.78, 5) is 13.0. The van der Waals surface area contributed by atoms with Gasteiger partial charge in [-0.05, 0) is 19.2 Å². The van der Waals surface area contributed by atoms with E-state index in [0.717, 1.165) is 5.76 Å². The number of aliphatic hydroxyl groups is 1. The molecule has 16 heavy (non-hydrogen) atoms. The van der Waals surface area contributed by atoms with E-state index in [1.54, 1.807) is 13.1 Å². The second kappa shape index (κ2) is 6.30. The Bertz CT molecular complexity index is 336. The topological polar surface area (TPSA) is 65.7 Å². The number of nitrogens with zero attached hydrogens (tertiary/aromatic N) is 1. The van der Waals surface area contributed by atoms with Gasteiger partial charge in [0.05, 0.1) is 6.54 Å². The zero-order valence-corrected chi connectivity index (χ0v) is 9.69. The van der Waals surface area contributed by atoms with Crippen LogP contribution in [0, 0.1) is 0 Å². The maximum absolute atomic E-state index is 11.0. The van der Waals surface area contributed by atoms with Crippen molar-refractivity contribution < 1.29 is 14.3 Å². The third-order valence-corrected chi connectivity index (χ3v) is 2.30. The van der Waals surface area contributed by atoms with Gasteiger partial charge in [0.25, 0.3) is 0 Å². The lowest BCUT2D eigenvalue weighted by Crippen LogP contribution is -2.26. The van der Waals surface area contributed by atoms with Crippen LogP contribution in [0.2, 0.25) is 0 Å². The van der Waals surface area contributed by atoms with Crippen LogP contribution in [-0.2, 0) is 17.9 Å². The first kappa shape index (κ1) is 12.7. The average molecular weight is 226 g/mol. The SMILES string of the molecule is CNC(=O)CCN(C)Cc1ccc(CO)o1. The Morgan fingerprint density at radius 2 is 2.19 bits per heavy atom.